The zero-order valence-corrected chi connectivity index (χ0v) is 12.4. The molecule has 0 amide bonds. The molecule has 1 unspecified atom stereocenters. The first kappa shape index (κ1) is 15.5. The minimum Gasteiger partial charge on any atom is -0.469 e. The van der Waals surface area contributed by atoms with E-state index in [1.54, 1.807) is 6.26 Å². The van der Waals surface area contributed by atoms with Gasteiger partial charge in [0.05, 0.1) is 6.26 Å². The second-order valence-corrected chi connectivity index (χ2v) is 6.38. The summed E-state index contributed by atoms with van der Waals surface area (Å²) in [6.45, 7) is 1.81. The molecule has 114 valence electrons. The zero-order chi connectivity index (χ0) is 15.3. The molecule has 0 saturated heterocycles. The van der Waals surface area contributed by atoms with Gasteiger partial charge in [-0.2, -0.15) is 0 Å². The number of anilines is 1. The lowest BCUT2D eigenvalue weighted by Crippen LogP contribution is -2.33. The molecule has 8 heteroatoms. The van der Waals surface area contributed by atoms with E-state index in [0.717, 1.165) is 5.76 Å². The average molecular weight is 310 g/mol. The molecular weight excluding hydrogens is 292 g/mol. The first-order valence-electron chi connectivity index (χ1n) is 6.48. The number of nitrogens with one attached hydrogen (secondary N) is 2. The van der Waals surface area contributed by atoms with Crippen LogP contribution in [0, 0.1) is 0 Å². The van der Waals surface area contributed by atoms with Crippen molar-refractivity contribution in [3.05, 3.63) is 42.5 Å². The molecule has 2 rings (SSSR count). The number of nitrogen functional groups attached to an aromatic ring is 1. The lowest BCUT2D eigenvalue weighted by molar-refractivity contribution is 0.480. The van der Waals surface area contributed by atoms with Crippen LogP contribution in [-0.4, -0.2) is 19.4 Å². The third kappa shape index (κ3) is 4.28. The molecule has 2 aromatic rings. The van der Waals surface area contributed by atoms with Gasteiger partial charge in [-0.15, -0.1) is 0 Å². The van der Waals surface area contributed by atoms with Crippen molar-refractivity contribution in [1.82, 2.24) is 9.71 Å². The third-order valence-electron chi connectivity index (χ3n) is 2.95. The highest BCUT2D eigenvalue weighted by Gasteiger charge is 2.18. The molecule has 4 N–H and O–H groups in total. The zero-order valence-electron chi connectivity index (χ0n) is 11.6. The molecule has 0 aromatic carbocycles. The van der Waals surface area contributed by atoms with E-state index in [1.165, 1.54) is 18.3 Å². The van der Waals surface area contributed by atoms with Gasteiger partial charge in [0.15, 0.2) is 0 Å². The van der Waals surface area contributed by atoms with Crippen LogP contribution < -0.4 is 16.0 Å². The van der Waals surface area contributed by atoms with Gasteiger partial charge in [0.25, 0.3) is 0 Å². The summed E-state index contributed by atoms with van der Waals surface area (Å²) in [6, 6.07) is 6.41. The van der Waals surface area contributed by atoms with Crippen molar-refractivity contribution in [2.75, 3.05) is 5.43 Å². The molecule has 0 aliphatic heterocycles. The number of hydrazine groups is 1. The van der Waals surface area contributed by atoms with Gasteiger partial charge in [-0.1, -0.05) is 0 Å². The van der Waals surface area contributed by atoms with Gasteiger partial charge >= 0.3 is 0 Å². The average Bonchev–Trinajstić information content (AvgIpc) is 2.98. The van der Waals surface area contributed by atoms with E-state index in [4.69, 9.17) is 10.3 Å². The number of rotatable bonds is 7. The highest BCUT2D eigenvalue weighted by molar-refractivity contribution is 7.89. The maximum Gasteiger partial charge on any atom is 0.242 e. The fourth-order valence-electron chi connectivity index (χ4n) is 1.83. The SMILES string of the molecule is CC(CCc1ccco1)NS(=O)(=O)c1ccc(NN)nc1. The Balaban J connectivity index is 1.95. The van der Waals surface area contributed by atoms with Crippen molar-refractivity contribution in [3.63, 3.8) is 0 Å². The van der Waals surface area contributed by atoms with E-state index in [2.05, 4.69) is 15.1 Å². The van der Waals surface area contributed by atoms with Crippen LogP contribution in [0.5, 0.6) is 0 Å². The number of aromatic nitrogens is 1. The predicted molar refractivity (Wildman–Crippen MR) is 78.9 cm³/mol. The molecule has 0 spiro atoms. The summed E-state index contributed by atoms with van der Waals surface area (Å²) in [4.78, 5) is 3.99. The van der Waals surface area contributed by atoms with Crippen LogP contribution in [0.25, 0.3) is 0 Å². The topological polar surface area (TPSA) is 110 Å². The predicted octanol–water partition coefficient (Wildman–Crippen LogP) is 1.26. The third-order valence-corrected chi connectivity index (χ3v) is 4.53. The first-order chi connectivity index (χ1) is 10.0. The van der Waals surface area contributed by atoms with E-state index >= 15 is 0 Å². The molecule has 0 fully saturated rings. The van der Waals surface area contributed by atoms with Crippen LogP contribution in [0.2, 0.25) is 0 Å². The highest BCUT2D eigenvalue weighted by atomic mass is 32.2. The number of hydrogen-bond donors (Lipinski definition) is 3. The van der Waals surface area contributed by atoms with Crippen molar-refractivity contribution in [2.24, 2.45) is 5.84 Å². The number of sulfonamides is 1. The van der Waals surface area contributed by atoms with Gasteiger partial charge in [0.2, 0.25) is 10.0 Å². The summed E-state index contributed by atoms with van der Waals surface area (Å²) in [5, 5.41) is 0. The lowest BCUT2D eigenvalue weighted by Gasteiger charge is -2.13. The van der Waals surface area contributed by atoms with Crippen LogP contribution in [-0.2, 0) is 16.4 Å². The van der Waals surface area contributed by atoms with Crippen LogP contribution in [0.3, 0.4) is 0 Å². The fourth-order valence-corrected chi connectivity index (χ4v) is 3.05. The standard InChI is InChI=1S/C13H18N4O3S/c1-10(4-5-11-3-2-8-20-11)17-21(18,19)12-6-7-13(16-14)15-9-12/h2-3,6-10,17H,4-5,14H2,1H3,(H,15,16). The smallest absolute Gasteiger partial charge is 0.242 e. The summed E-state index contributed by atoms with van der Waals surface area (Å²) in [7, 11) is -3.59. The Morgan fingerprint density at radius 2 is 2.19 bits per heavy atom. The number of pyridine rings is 1. The van der Waals surface area contributed by atoms with Crippen molar-refractivity contribution in [3.8, 4) is 0 Å². The molecule has 0 aliphatic rings. The molecule has 0 saturated carbocycles. The van der Waals surface area contributed by atoms with Gasteiger partial charge < -0.3 is 9.84 Å². The minimum atomic E-state index is -3.59. The fraction of sp³-hybridized carbons (Fsp3) is 0.308. The molecule has 0 bridgehead atoms. The minimum absolute atomic E-state index is 0.103. The molecule has 1 atom stereocenters. The molecular formula is C13H18N4O3S. The van der Waals surface area contributed by atoms with E-state index in [9.17, 15) is 8.42 Å². The first-order valence-corrected chi connectivity index (χ1v) is 7.97. The maximum absolute atomic E-state index is 12.2. The molecule has 2 heterocycles. The summed E-state index contributed by atoms with van der Waals surface area (Å²) >= 11 is 0. The van der Waals surface area contributed by atoms with Crippen LogP contribution in [0.4, 0.5) is 5.82 Å². The molecule has 0 aliphatic carbocycles. The number of hydrogen-bond acceptors (Lipinski definition) is 6. The van der Waals surface area contributed by atoms with Gasteiger partial charge in [-0.05, 0) is 37.6 Å². The van der Waals surface area contributed by atoms with Crippen molar-refractivity contribution >= 4 is 15.8 Å². The highest BCUT2D eigenvalue weighted by Crippen LogP contribution is 2.12. The second-order valence-electron chi connectivity index (χ2n) is 4.66. The summed E-state index contributed by atoms with van der Waals surface area (Å²) in [5.41, 5.74) is 2.35. The molecule has 0 radical (unpaired) electrons. The van der Waals surface area contributed by atoms with Gasteiger partial charge in [-0.3, -0.25) is 0 Å². The van der Waals surface area contributed by atoms with E-state index in [1.807, 2.05) is 19.1 Å². The van der Waals surface area contributed by atoms with Crippen molar-refractivity contribution < 1.29 is 12.8 Å². The van der Waals surface area contributed by atoms with E-state index in [-0.39, 0.29) is 10.9 Å². The number of nitrogens with zero attached hydrogens (tertiary/aromatic N) is 1. The molecule has 2 aromatic heterocycles. The number of furan rings is 1. The second kappa shape index (κ2) is 6.70. The van der Waals surface area contributed by atoms with Gasteiger partial charge in [0, 0.05) is 18.7 Å². The summed E-state index contributed by atoms with van der Waals surface area (Å²) in [5.74, 6) is 6.43. The van der Waals surface area contributed by atoms with E-state index < -0.39 is 10.0 Å². The summed E-state index contributed by atoms with van der Waals surface area (Å²) < 4.78 is 32.2. The van der Waals surface area contributed by atoms with Crippen molar-refractivity contribution in [2.45, 2.75) is 30.7 Å². The van der Waals surface area contributed by atoms with Gasteiger partial charge in [-0.25, -0.2) is 24.0 Å². The molecule has 21 heavy (non-hydrogen) atoms. The van der Waals surface area contributed by atoms with Crippen LogP contribution in [0.1, 0.15) is 19.1 Å². The molecule has 7 nitrogen and oxygen atoms in total. The number of aryl methyl sites for hydroxylation is 1. The normalized spacial score (nSPS) is 13.0. The Morgan fingerprint density at radius 3 is 2.76 bits per heavy atom. The Morgan fingerprint density at radius 1 is 1.38 bits per heavy atom. The monoisotopic (exact) mass is 310 g/mol. The van der Waals surface area contributed by atoms with Crippen molar-refractivity contribution in [1.29, 1.82) is 0 Å². The quantitative estimate of drug-likeness (QED) is 0.524. The van der Waals surface area contributed by atoms with Crippen LogP contribution >= 0.6 is 0 Å². The Hall–Kier alpha value is -1.90. The lowest BCUT2D eigenvalue weighted by atomic mass is 10.2. The van der Waals surface area contributed by atoms with Gasteiger partial charge in [0.1, 0.15) is 16.5 Å². The van der Waals surface area contributed by atoms with Crippen LogP contribution in [0.15, 0.2) is 46.0 Å². The summed E-state index contributed by atoms with van der Waals surface area (Å²) in [6.07, 6.45) is 4.17. The Kier molecular flexibility index (Phi) is 4.94. The number of nitrogens with two attached hydrogens (primary N) is 1. The Bertz CT molecular complexity index is 653. The maximum atomic E-state index is 12.2. The largest absolute Gasteiger partial charge is 0.469 e. The van der Waals surface area contributed by atoms with E-state index in [0.29, 0.717) is 18.7 Å². The Labute approximate surface area is 123 Å².